The highest BCUT2D eigenvalue weighted by Crippen LogP contribution is 2.31. The van der Waals surface area contributed by atoms with E-state index in [2.05, 4.69) is 28.4 Å². The van der Waals surface area contributed by atoms with Gasteiger partial charge < -0.3 is 14.7 Å². The van der Waals surface area contributed by atoms with Crippen molar-refractivity contribution in [2.24, 2.45) is 0 Å². The molecular formula is C17H24N4O2S. The van der Waals surface area contributed by atoms with Crippen LogP contribution in [0, 0.1) is 0 Å². The van der Waals surface area contributed by atoms with Crippen LogP contribution in [0.25, 0.3) is 0 Å². The summed E-state index contributed by atoms with van der Waals surface area (Å²) in [7, 11) is 0. The van der Waals surface area contributed by atoms with Crippen molar-refractivity contribution in [3.63, 3.8) is 0 Å². The topological polar surface area (TPSA) is 71.3 Å². The minimum atomic E-state index is -0.0953. The van der Waals surface area contributed by atoms with Crippen LogP contribution >= 0.6 is 11.3 Å². The van der Waals surface area contributed by atoms with Gasteiger partial charge in [0.15, 0.2) is 5.82 Å². The van der Waals surface area contributed by atoms with E-state index < -0.39 is 0 Å². The Hall–Kier alpha value is -1.89. The van der Waals surface area contributed by atoms with Gasteiger partial charge in [0, 0.05) is 17.3 Å². The quantitative estimate of drug-likeness (QED) is 0.877. The molecule has 2 atom stereocenters. The van der Waals surface area contributed by atoms with Gasteiger partial charge in [-0.05, 0) is 30.7 Å². The van der Waals surface area contributed by atoms with E-state index in [1.807, 2.05) is 30.2 Å². The second-order valence-electron chi connectivity index (χ2n) is 6.42. The Labute approximate surface area is 146 Å². The smallest absolute Gasteiger partial charge is 0.318 e. The Morgan fingerprint density at radius 1 is 1.54 bits per heavy atom. The lowest BCUT2D eigenvalue weighted by molar-refractivity contribution is 0.185. The number of nitrogens with one attached hydrogen (secondary N) is 1. The highest BCUT2D eigenvalue weighted by atomic mass is 32.1. The van der Waals surface area contributed by atoms with Gasteiger partial charge in [-0.25, -0.2) is 4.79 Å². The van der Waals surface area contributed by atoms with Crippen LogP contribution in [-0.2, 0) is 0 Å². The molecule has 130 valence electrons. The molecule has 1 fully saturated rings. The third-order valence-electron chi connectivity index (χ3n) is 4.36. The van der Waals surface area contributed by atoms with Gasteiger partial charge >= 0.3 is 6.03 Å². The molecule has 2 amide bonds. The molecule has 1 aliphatic rings. The summed E-state index contributed by atoms with van der Waals surface area (Å²) >= 11 is 1.67. The van der Waals surface area contributed by atoms with Crippen molar-refractivity contribution in [2.75, 3.05) is 6.54 Å². The van der Waals surface area contributed by atoms with Crippen molar-refractivity contribution in [2.45, 2.75) is 58.0 Å². The fourth-order valence-electron chi connectivity index (χ4n) is 2.99. The number of nitrogens with zero attached hydrogens (tertiary/aromatic N) is 3. The van der Waals surface area contributed by atoms with Gasteiger partial charge in [-0.15, -0.1) is 11.3 Å². The second-order valence-corrected chi connectivity index (χ2v) is 7.40. The van der Waals surface area contributed by atoms with Crippen LogP contribution in [0.4, 0.5) is 4.79 Å². The first-order chi connectivity index (χ1) is 11.6. The van der Waals surface area contributed by atoms with Crippen LogP contribution in [0.2, 0.25) is 0 Å². The molecule has 0 unspecified atom stereocenters. The average Bonchev–Trinajstić information content (AvgIpc) is 3.32. The number of amides is 2. The Morgan fingerprint density at radius 2 is 2.38 bits per heavy atom. The number of aromatic nitrogens is 2. The molecule has 6 nitrogen and oxygen atoms in total. The normalized spacial score (nSPS) is 19.0. The van der Waals surface area contributed by atoms with Gasteiger partial charge in [-0.1, -0.05) is 32.0 Å². The van der Waals surface area contributed by atoms with Gasteiger partial charge in [-0.3, -0.25) is 0 Å². The Bertz CT molecular complexity index is 668. The monoisotopic (exact) mass is 348 g/mol. The van der Waals surface area contributed by atoms with E-state index in [4.69, 9.17) is 4.52 Å². The zero-order chi connectivity index (χ0) is 17.1. The lowest BCUT2D eigenvalue weighted by Crippen LogP contribution is -2.41. The molecule has 0 aliphatic carbocycles. The molecule has 1 aliphatic heterocycles. The van der Waals surface area contributed by atoms with Crippen LogP contribution < -0.4 is 5.32 Å². The molecule has 0 spiro atoms. The zero-order valence-electron chi connectivity index (χ0n) is 14.4. The predicted octanol–water partition coefficient (Wildman–Crippen LogP) is 4.25. The fraction of sp³-hybridized carbons (Fsp3) is 0.588. The van der Waals surface area contributed by atoms with E-state index >= 15 is 0 Å². The Morgan fingerprint density at radius 3 is 3.00 bits per heavy atom. The van der Waals surface area contributed by atoms with E-state index in [1.165, 1.54) is 4.88 Å². The number of rotatable bonds is 5. The molecule has 7 heteroatoms. The number of urea groups is 1. The van der Waals surface area contributed by atoms with Crippen molar-refractivity contribution in [1.29, 1.82) is 0 Å². The standard InChI is InChI=1S/C17H24N4O2S/c1-4-12(14-8-6-10-24-14)18-17(22)21-9-5-7-13(21)15-19-16(11(2)3)23-20-15/h6,8,10-13H,4-5,7,9H2,1-3H3,(H,18,22)/t12-,13-/m1/s1. The molecule has 1 saturated heterocycles. The van der Waals surface area contributed by atoms with Crippen molar-refractivity contribution in [1.82, 2.24) is 20.4 Å². The Balaban J connectivity index is 1.71. The maximum Gasteiger partial charge on any atom is 0.318 e. The van der Waals surface area contributed by atoms with Gasteiger partial charge in [0.05, 0.1) is 12.1 Å². The zero-order valence-corrected chi connectivity index (χ0v) is 15.2. The van der Waals surface area contributed by atoms with Gasteiger partial charge in [-0.2, -0.15) is 4.98 Å². The van der Waals surface area contributed by atoms with Crippen LogP contribution in [0.1, 0.15) is 74.6 Å². The van der Waals surface area contributed by atoms with Gasteiger partial charge in [0.1, 0.15) is 0 Å². The van der Waals surface area contributed by atoms with Crippen molar-refractivity contribution in [3.05, 3.63) is 34.1 Å². The van der Waals surface area contributed by atoms with E-state index in [0.29, 0.717) is 11.7 Å². The molecule has 2 aromatic rings. The number of hydrogen-bond acceptors (Lipinski definition) is 5. The molecule has 0 bridgehead atoms. The van der Waals surface area contributed by atoms with E-state index in [9.17, 15) is 4.79 Å². The highest BCUT2D eigenvalue weighted by Gasteiger charge is 2.34. The number of carbonyl (C=O) groups excluding carboxylic acids is 1. The summed E-state index contributed by atoms with van der Waals surface area (Å²) in [6.45, 7) is 6.84. The molecule has 0 radical (unpaired) electrons. The molecule has 3 rings (SSSR count). The van der Waals surface area contributed by atoms with Crippen LogP contribution in [0.15, 0.2) is 22.0 Å². The molecule has 1 N–H and O–H groups in total. The number of likely N-dealkylation sites (tertiary alicyclic amines) is 1. The third kappa shape index (κ3) is 3.45. The first kappa shape index (κ1) is 17.0. The summed E-state index contributed by atoms with van der Waals surface area (Å²) in [5, 5.41) is 9.28. The largest absolute Gasteiger partial charge is 0.339 e. The minimum absolute atomic E-state index is 0.0475. The summed E-state index contributed by atoms with van der Waals surface area (Å²) in [5.74, 6) is 1.44. The molecule has 0 saturated carbocycles. The maximum absolute atomic E-state index is 12.8. The van der Waals surface area contributed by atoms with Crippen LogP contribution in [0.5, 0.6) is 0 Å². The van der Waals surface area contributed by atoms with Crippen LogP contribution in [-0.4, -0.2) is 27.6 Å². The molecule has 3 heterocycles. The fourth-order valence-corrected chi connectivity index (χ4v) is 3.85. The molecule has 0 aromatic carbocycles. The maximum atomic E-state index is 12.8. The first-order valence-electron chi connectivity index (χ1n) is 8.54. The summed E-state index contributed by atoms with van der Waals surface area (Å²) in [6.07, 6.45) is 2.70. The van der Waals surface area contributed by atoms with Crippen molar-refractivity contribution >= 4 is 17.4 Å². The average molecular weight is 348 g/mol. The second kappa shape index (κ2) is 7.34. The lowest BCUT2D eigenvalue weighted by atomic mass is 10.2. The summed E-state index contributed by atoms with van der Waals surface area (Å²) in [5.41, 5.74) is 0. The Kier molecular flexibility index (Phi) is 5.18. The highest BCUT2D eigenvalue weighted by molar-refractivity contribution is 7.10. The van der Waals surface area contributed by atoms with Gasteiger partial charge in [0.2, 0.25) is 5.89 Å². The first-order valence-corrected chi connectivity index (χ1v) is 9.42. The van der Waals surface area contributed by atoms with E-state index in [0.717, 1.165) is 25.8 Å². The number of thiophene rings is 1. The summed E-state index contributed by atoms with van der Waals surface area (Å²) < 4.78 is 5.31. The summed E-state index contributed by atoms with van der Waals surface area (Å²) in [6, 6.07) is 3.99. The molecule has 24 heavy (non-hydrogen) atoms. The molecular weight excluding hydrogens is 324 g/mol. The SMILES string of the molecule is CC[C@@H](NC(=O)N1CCC[C@@H]1c1noc(C(C)C)n1)c1cccs1. The van der Waals surface area contributed by atoms with Crippen molar-refractivity contribution in [3.8, 4) is 0 Å². The predicted molar refractivity (Wildman–Crippen MR) is 93.0 cm³/mol. The minimum Gasteiger partial charge on any atom is -0.339 e. The number of hydrogen-bond donors (Lipinski definition) is 1. The lowest BCUT2D eigenvalue weighted by Gasteiger charge is -2.25. The summed E-state index contributed by atoms with van der Waals surface area (Å²) in [4.78, 5) is 20.3. The van der Waals surface area contributed by atoms with E-state index in [-0.39, 0.29) is 24.0 Å². The van der Waals surface area contributed by atoms with Gasteiger partial charge in [0.25, 0.3) is 0 Å². The van der Waals surface area contributed by atoms with Crippen LogP contribution in [0.3, 0.4) is 0 Å². The van der Waals surface area contributed by atoms with E-state index in [1.54, 1.807) is 11.3 Å². The third-order valence-corrected chi connectivity index (χ3v) is 5.34. The number of carbonyl (C=O) groups is 1. The molecule has 2 aromatic heterocycles. The van der Waals surface area contributed by atoms with Crippen molar-refractivity contribution < 1.29 is 9.32 Å².